The van der Waals surface area contributed by atoms with E-state index in [0.717, 1.165) is 24.4 Å². The molecule has 1 saturated heterocycles. The molecular weight excluding hydrogens is 190 g/mol. The molecular formula is C12H17NO2. The highest BCUT2D eigenvalue weighted by atomic mass is 16.5. The Morgan fingerprint density at radius 3 is 2.80 bits per heavy atom. The molecule has 1 fully saturated rings. The van der Waals surface area contributed by atoms with E-state index < -0.39 is 6.10 Å². The quantitative estimate of drug-likeness (QED) is 0.741. The first-order valence-electron chi connectivity index (χ1n) is 5.43. The molecule has 1 aromatic carbocycles. The van der Waals surface area contributed by atoms with Crippen LogP contribution in [0.5, 0.6) is 5.75 Å². The predicted molar refractivity (Wildman–Crippen MR) is 59.0 cm³/mol. The number of hydrogen-bond acceptors (Lipinski definition) is 3. The molecule has 1 aliphatic heterocycles. The number of aliphatic hydroxyl groups excluding tert-OH is 1. The van der Waals surface area contributed by atoms with E-state index in [-0.39, 0.29) is 0 Å². The van der Waals surface area contributed by atoms with Gasteiger partial charge in [-0.05, 0) is 13.0 Å². The fourth-order valence-corrected chi connectivity index (χ4v) is 1.64. The summed E-state index contributed by atoms with van der Waals surface area (Å²) in [5, 5.41) is 10.0. The van der Waals surface area contributed by atoms with E-state index in [1.54, 1.807) is 0 Å². The minimum Gasteiger partial charge on any atom is -0.493 e. The van der Waals surface area contributed by atoms with Crippen LogP contribution in [-0.2, 0) is 0 Å². The second kappa shape index (κ2) is 4.64. The summed E-state index contributed by atoms with van der Waals surface area (Å²) in [6.45, 7) is 5.51. The van der Waals surface area contributed by atoms with Gasteiger partial charge in [-0.2, -0.15) is 0 Å². The van der Waals surface area contributed by atoms with Crippen molar-refractivity contribution in [1.82, 2.24) is 4.90 Å². The molecule has 15 heavy (non-hydrogen) atoms. The maximum absolute atomic E-state index is 10.0. The molecule has 0 spiro atoms. The average molecular weight is 207 g/mol. The molecule has 1 unspecified atom stereocenters. The standard InChI is InChI=1S/C12H17NO2/c1-2-15-12-6-4-3-5-10(12)11(14)9-13-7-8-13/h3-6,11,14H,2,7-9H2,1H3. The molecule has 0 aromatic heterocycles. The van der Waals surface area contributed by atoms with Gasteiger partial charge >= 0.3 is 0 Å². The van der Waals surface area contributed by atoms with Gasteiger partial charge in [0.2, 0.25) is 0 Å². The third-order valence-corrected chi connectivity index (χ3v) is 2.55. The second-order valence-electron chi connectivity index (χ2n) is 3.79. The highest BCUT2D eigenvalue weighted by Crippen LogP contribution is 2.26. The van der Waals surface area contributed by atoms with E-state index in [1.165, 1.54) is 0 Å². The summed E-state index contributed by atoms with van der Waals surface area (Å²) in [6.07, 6.45) is -0.435. The molecule has 0 bridgehead atoms. The SMILES string of the molecule is CCOc1ccccc1C(O)CN1CC1. The minimum atomic E-state index is -0.435. The third-order valence-electron chi connectivity index (χ3n) is 2.55. The largest absolute Gasteiger partial charge is 0.493 e. The van der Waals surface area contributed by atoms with Gasteiger partial charge in [0, 0.05) is 25.2 Å². The number of nitrogens with zero attached hydrogens (tertiary/aromatic N) is 1. The van der Waals surface area contributed by atoms with Crippen molar-refractivity contribution in [3.63, 3.8) is 0 Å². The van der Waals surface area contributed by atoms with Gasteiger partial charge in [0.05, 0.1) is 12.7 Å². The average Bonchev–Trinajstić information content (AvgIpc) is 3.03. The summed E-state index contributed by atoms with van der Waals surface area (Å²) >= 11 is 0. The zero-order chi connectivity index (χ0) is 10.7. The number of rotatable bonds is 5. The summed E-state index contributed by atoms with van der Waals surface area (Å²) in [6, 6.07) is 7.70. The van der Waals surface area contributed by atoms with E-state index in [2.05, 4.69) is 4.90 Å². The number of aliphatic hydroxyl groups is 1. The van der Waals surface area contributed by atoms with Crippen LogP contribution in [0.4, 0.5) is 0 Å². The summed E-state index contributed by atoms with van der Waals surface area (Å²) in [5.74, 6) is 0.800. The molecule has 0 amide bonds. The Kier molecular flexibility index (Phi) is 3.23. The second-order valence-corrected chi connectivity index (χ2v) is 3.79. The van der Waals surface area contributed by atoms with Crippen LogP contribution in [0, 0.1) is 0 Å². The number of benzene rings is 1. The monoisotopic (exact) mass is 207 g/mol. The van der Waals surface area contributed by atoms with E-state index in [1.807, 2.05) is 31.2 Å². The lowest BCUT2D eigenvalue weighted by Crippen LogP contribution is -2.12. The fraction of sp³-hybridized carbons (Fsp3) is 0.500. The predicted octanol–water partition coefficient (Wildman–Crippen LogP) is 1.43. The maximum atomic E-state index is 10.0. The van der Waals surface area contributed by atoms with Gasteiger partial charge < -0.3 is 9.84 Å². The highest BCUT2D eigenvalue weighted by molar-refractivity contribution is 5.35. The van der Waals surface area contributed by atoms with Crippen LogP contribution >= 0.6 is 0 Å². The van der Waals surface area contributed by atoms with E-state index in [0.29, 0.717) is 13.2 Å². The van der Waals surface area contributed by atoms with Crippen molar-refractivity contribution in [2.45, 2.75) is 13.0 Å². The molecule has 1 atom stereocenters. The van der Waals surface area contributed by atoms with E-state index in [9.17, 15) is 5.11 Å². The normalized spacial score (nSPS) is 17.5. The molecule has 3 heteroatoms. The molecule has 0 saturated carbocycles. The van der Waals surface area contributed by atoms with Crippen molar-refractivity contribution >= 4 is 0 Å². The van der Waals surface area contributed by atoms with Crippen molar-refractivity contribution < 1.29 is 9.84 Å². The van der Waals surface area contributed by atoms with Crippen molar-refractivity contribution in [1.29, 1.82) is 0 Å². The Hall–Kier alpha value is -1.06. The van der Waals surface area contributed by atoms with Crippen LogP contribution in [0.2, 0.25) is 0 Å². The molecule has 3 nitrogen and oxygen atoms in total. The zero-order valence-electron chi connectivity index (χ0n) is 9.02. The summed E-state index contributed by atoms with van der Waals surface area (Å²) < 4.78 is 5.48. The molecule has 1 heterocycles. The first-order valence-corrected chi connectivity index (χ1v) is 5.43. The van der Waals surface area contributed by atoms with Gasteiger partial charge in [0.1, 0.15) is 5.75 Å². The molecule has 2 rings (SSSR count). The fourth-order valence-electron chi connectivity index (χ4n) is 1.64. The first kappa shape index (κ1) is 10.5. The minimum absolute atomic E-state index is 0.435. The topological polar surface area (TPSA) is 32.5 Å². The first-order chi connectivity index (χ1) is 7.31. The van der Waals surface area contributed by atoms with E-state index >= 15 is 0 Å². The van der Waals surface area contributed by atoms with Gasteiger partial charge in [-0.15, -0.1) is 0 Å². The van der Waals surface area contributed by atoms with Crippen molar-refractivity contribution in [2.24, 2.45) is 0 Å². The zero-order valence-corrected chi connectivity index (χ0v) is 9.02. The maximum Gasteiger partial charge on any atom is 0.125 e. The smallest absolute Gasteiger partial charge is 0.125 e. The molecule has 0 radical (unpaired) electrons. The van der Waals surface area contributed by atoms with Gasteiger partial charge in [0.15, 0.2) is 0 Å². The highest BCUT2D eigenvalue weighted by Gasteiger charge is 2.23. The lowest BCUT2D eigenvalue weighted by Gasteiger charge is -2.15. The van der Waals surface area contributed by atoms with Gasteiger partial charge in [0.25, 0.3) is 0 Å². The Bertz CT molecular complexity index is 323. The van der Waals surface area contributed by atoms with Gasteiger partial charge in [-0.25, -0.2) is 0 Å². The van der Waals surface area contributed by atoms with Crippen LogP contribution in [0.15, 0.2) is 24.3 Å². The number of para-hydroxylation sites is 1. The van der Waals surface area contributed by atoms with E-state index in [4.69, 9.17) is 4.74 Å². The summed E-state index contributed by atoms with van der Waals surface area (Å²) in [7, 11) is 0. The van der Waals surface area contributed by atoms with Crippen LogP contribution in [0.3, 0.4) is 0 Å². The molecule has 82 valence electrons. The number of β-amino-alcohol motifs (C(OH)–C–C–N with tert-alkyl or cyclic N) is 1. The Labute approximate surface area is 90.3 Å². The third kappa shape index (κ3) is 2.70. The molecule has 1 aliphatic rings. The van der Waals surface area contributed by atoms with Crippen LogP contribution in [-0.4, -0.2) is 36.2 Å². The Balaban J connectivity index is 2.09. The lowest BCUT2D eigenvalue weighted by molar-refractivity contribution is 0.151. The van der Waals surface area contributed by atoms with Crippen molar-refractivity contribution in [3.05, 3.63) is 29.8 Å². The molecule has 0 aliphatic carbocycles. The molecule has 1 aromatic rings. The van der Waals surface area contributed by atoms with Crippen LogP contribution < -0.4 is 4.74 Å². The summed E-state index contributed by atoms with van der Waals surface area (Å²) in [5.41, 5.74) is 0.895. The Morgan fingerprint density at radius 2 is 2.13 bits per heavy atom. The van der Waals surface area contributed by atoms with Gasteiger partial charge in [-0.3, -0.25) is 4.90 Å². The Morgan fingerprint density at radius 1 is 1.40 bits per heavy atom. The van der Waals surface area contributed by atoms with Crippen molar-refractivity contribution in [2.75, 3.05) is 26.2 Å². The van der Waals surface area contributed by atoms with Crippen molar-refractivity contribution in [3.8, 4) is 5.75 Å². The number of hydrogen-bond donors (Lipinski definition) is 1. The van der Waals surface area contributed by atoms with Gasteiger partial charge in [-0.1, -0.05) is 18.2 Å². The molecule has 1 N–H and O–H groups in total. The summed E-state index contributed by atoms with van der Waals surface area (Å²) in [4.78, 5) is 2.20. The van der Waals surface area contributed by atoms with Crippen LogP contribution in [0.1, 0.15) is 18.6 Å². The van der Waals surface area contributed by atoms with Crippen LogP contribution in [0.25, 0.3) is 0 Å². The number of ether oxygens (including phenoxy) is 1. The lowest BCUT2D eigenvalue weighted by atomic mass is 10.1.